The largest absolute Gasteiger partial charge is 0.466 e. The lowest BCUT2D eigenvalue weighted by atomic mass is 10.1. The number of carbonyl (C=O) groups is 1. The maximum Gasteiger partial charge on any atom is 0.306 e. The van der Waals surface area contributed by atoms with Gasteiger partial charge in [0.15, 0.2) is 0 Å². The Morgan fingerprint density at radius 2 is 2.00 bits per heavy atom. The third kappa shape index (κ3) is 3.04. The van der Waals surface area contributed by atoms with Gasteiger partial charge in [0.1, 0.15) is 0 Å². The Morgan fingerprint density at radius 3 is 2.81 bits per heavy atom. The van der Waals surface area contributed by atoms with Crippen molar-refractivity contribution in [2.75, 3.05) is 6.61 Å². The van der Waals surface area contributed by atoms with Crippen LogP contribution in [0.4, 0.5) is 0 Å². The van der Waals surface area contributed by atoms with E-state index in [1.165, 1.54) is 20.2 Å². The Morgan fingerprint density at radius 1 is 1.14 bits per heavy atom. The van der Waals surface area contributed by atoms with E-state index in [4.69, 9.17) is 16.3 Å². The molecular formula is C17H15ClO2S. The number of aryl methyl sites for hydroxylation is 1. The molecule has 0 fully saturated rings. The molecule has 0 N–H and O–H groups in total. The topological polar surface area (TPSA) is 26.3 Å². The third-order valence-electron chi connectivity index (χ3n) is 3.42. The lowest BCUT2D eigenvalue weighted by Gasteiger charge is -2.02. The van der Waals surface area contributed by atoms with Gasteiger partial charge in [-0.15, -0.1) is 11.3 Å². The van der Waals surface area contributed by atoms with Crippen LogP contribution in [0.25, 0.3) is 20.2 Å². The highest BCUT2D eigenvalue weighted by Gasteiger charge is 2.08. The predicted molar refractivity (Wildman–Crippen MR) is 89.3 cm³/mol. The van der Waals surface area contributed by atoms with E-state index < -0.39 is 0 Å². The van der Waals surface area contributed by atoms with Crippen molar-refractivity contribution in [3.8, 4) is 0 Å². The Balaban J connectivity index is 1.90. The van der Waals surface area contributed by atoms with Gasteiger partial charge >= 0.3 is 5.97 Å². The van der Waals surface area contributed by atoms with Crippen molar-refractivity contribution in [3.05, 3.63) is 47.0 Å². The van der Waals surface area contributed by atoms with E-state index in [-0.39, 0.29) is 5.97 Å². The van der Waals surface area contributed by atoms with Crippen LogP contribution < -0.4 is 0 Å². The number of ether oxygens (including phenoxy) is 1. The summed E-state index contributed by atoms with van der Waals surface area (Å²) >= 11 is 7.83. The van der Waals surface area contributed by atoms with E-state index in [0.717, 1.165) is 10.6 Å². The Bertz CT molecular complexity index is 807. The second-order valence-electron chi connectivity index (χ2n) is 4.88. The standard InChI is InChI=1S/C17H15ClO2S/c1-2-20-17(19)8-4-11-3-6-13-14-10-12(18)5-7-15(14)21-16(13)9-11/h3,5-7,9-10H,2,4,8H2,1H3. The number of thiophene rings is 1. The van der Waals surface area contributed by atoms with Gasteiger partial charge in [-0.3, -0.25) is 4.79 Å². The molecule has 0 aliphatic carbocycles. The summed E-state index contributed by atoms with van der Waals surface area (Å²) in [6.45, 7) is 2.27. The molecule has 1 aromatic heterocycles. The predicted octanol–water partition coefficient (Wildman–Crippen LogP) is 5.20. The number of hydrogen-bond donors (Lipinski definition) is 0. The van der Waals surface area contributed by atoms with Gasteiger partial charge in [0, 0.05) is 31.6 Å². The summed E-state index contributed by atoms with van der Waals surface area (Å²) in [5, 5.41) is 3.17. The van der Waals surface area contributed by atoms with Crippen molar-refractivity contribution in [2.24, 2.45) is 0 Å². The monoisotopic (exact) mass is 318 g/mol. The van der Waals surface area contributed by atoms with Crippen LogP contribution >= 0.6 is 22.9 Å². The smallest absolute Gasteiger partial charge is 0.306 e. The molecule has 2 nitrogen and oxygen atoms in total. The summed E-state index contributed by atoms with van der Waals surface area (Å²) in [5.41, 5.74) is 1.16. The summed E-state index contributed by atoms with van der Waals surface area (Å²) in [5.74, 6) is -0.138. The Labute approximate surface area is 132 Å². The van der Waals surface area contributed by atoms with Crippen molar-refractivity contribution in [3.63, 3.8) is 0 Å². The van der Waals surface area contributed by atoms with Gasteiger partial charge in [-0.2, -0.15) is 0 Å². The average molecular weight is 319 g/mol. The quantitative estimate of drug-likeness (QED) is 0.618. The molecule has 0 aliphatic rings. The fourth-order valence-corrected chi connectivity index (χ4v) is 3.75. The molecule has 2 aromatic carbocycles. The molecule has 3 rings (SSSR count). The summed E-state index contributed by atoms with van der Waals surface area (Å²) in [6, 6.07) is 12.3. The van der Waals surface area contributed by atoms with Gasteiger partial charge in [0.25, 0.3) is 0 Å². The first kappa shape index (κ1) is 14.4. The van der Waals surface area contributed by atoms with Gasteiger partial charge < -0.3 is 4.74 Å². The van der Waals surface area contributed by atoms with Gasteiger partial charge in [-0.05, 0) is 43.2 Å². The summed E-state index contributed by atoms with van der Waals surface area (Å²) < 4.78 is 7.42. The summed E-state index contributed by atoms with van der Waals surface area (Å²) in [7, 11) is 0. The van der Waals surface area contributed by atoms with Crippen LogP contribution in [0.15, 0.2) is 36.4 Å². The highest BCUT2D eigenvalue weighted by Crippen LogP contribution is 2.35. The maximum atomic E-state index is 11.4. The van der Waals surface area contributed by atoms with Crippen molar-refractivity contribution in [1.29, 1.82) is 0 Å². The SMILES string of the molecule is CCOC(=O)CCc1ccc2c(c1)sc1ccc(Cl)cc12. The molecule has 0 radical (unpaired) electrons. The fraction of sp³-hybridized carbons (Fsp3) is 0.235. The van der Waals surface area contributed by atoms with Crippen LogP contribution in [0.2, 0.25) is 5.02 Å². The molecule has 3 aromatic rings. The number of benzene rings is 2. The molecule has 0 atom stereocenters. The molecule has 0 unspecified atom stereocenters. The molecule has 108 valence electrons. The van der Waals surface area contributed by atoms with Crippen LogP contribution in [-0.4, -0.2) is 12.6 Å². The maximum absolute atomic E-state index is 11.4. The van der Waals surface area contributed by atoms with Crippen LogP contribution in [0.1, 0.15) is 18.9 Å². The fourth-order valence-electron chi connectivity index (χ4n) is 2.43. The van der Waals surface area contributed by atoms with Crippen LogP contribution in [-0.2, 0) is 16.0 Å². The molecular weight excluding hydrogens is 304 g/mol. The number of rotatable bonds is 4. The summed E-state index contributed by atoms with van der Waals surface area (Å²) in [4.78, 5) is 11.4. The minimum atomic E-state index is -0.138. The van der Waals surface area contributed by atoms with Crippen molar-refractivity contribution < 1.29 is 9.53 Å². The minimum Gasteiger partial charge on any atom is -0.466 e. The van der Waals surface area contributed by atoms with E-state index >= 15 is 0 Å². The lowest BCUT2D eigenvalue weighted by Crippen LogP contribution is -2.04. The van der Waals surface area contributed by atoms with Gasteiger partial charge in [-0.1, -0.05) is 23.7 Å². The second kappa shape index (κ2) is 6.04. The van der Waals surface area contributed by atoms with Gasteiger partial charge in [-0.25, -0.2) is 0 Å². The molecule has 0 aliphatic heterocycles. The number of halogens is 1. The molecule has 0 saturated carbocycles. The van der Waals surface area contributed by atoms with Crippen LogP contribution in [0.3, 0.4) is 0 Å². The van der Waals surface area contributed by atoms with E-state index in [9.17, 15) is 4.79 Å². The minimum absolute atomic E-state index is 0.138. The average Bonchev–Trinajstić information content (AvgIpc) is 2.82. The first-order valence-corrected chi connectivity index (χ1v) is 8.13. The molecule has 0 saturated heterocycles. The van der Waals surface area contributed by atoms with Crippen LogP contribution in [0, 0.1) is 0 Å². The zero-order chi connectivity index (χ0) is 14.8. The Hall–Kier alpha value is -1.58. The van der Waals surface area contributed by atoms with Crippen molar-refractivity contribution >= 4 is 49.1 Å². The highest BCUT2D eigenvalue weighted by atomic mass is 35.5. The first-order valence-electron chi connectivity index (χ1n) is 6.93. The van der Waals surface area contributed by atoms with E-state index in [1.807, 2.05) is 19.1 Å². The summed E-state index contributed by atoms with van der Waals surface area (Å²) in [6.07, 6.45) is 1.14. The van der Waals surface area contributed by atoms with Gasteiger partial charge in [0.05, 0.1) is 6.61 Å². The zero-order valence-electron chi connectivity index (χ0n) is 11.7. The zero-order valence-corrected chi connectivity index (χ0v) is 13.3. The first-order chi connectivity index (χ1) is 10.2. The number of esters is 1. The molecule has 4 heteroatoms. The van der Waals surface area contributed by atoms with Gasteiger partial charge in [0.2, 0.25) is 0 Å². The van der Waals surface area contributed by atoms with Crippen LogP contribution in [0.5, 0.6) is 0 Å². The number of hydrogen-bond acceptors (Lipinski definition) is 3. The highest BCUT2D eigenvalue weighted by molar-refractivity contribution is 7.25. The van der Waals surface area contributed by atoms with Crippen molar-refractivity contribution in [1.82, 2.24) is 0 Å². The second-order valence-corrected chi connectivity index (χ2v) is 6.40. The number of carbonyl (C=O) groups excluding carboxylic acids is 1. The lowest BCUT2D eigenvalue weighted by molar-refractivity contribution is -0.143. The molecule has 21 heavy (non-hydrogen) atoms. The molecule has 0 spiro atoms. The van der Waals surface area contributed by atoms with E-state index in [0.29, 0.717) is 19.4 Å². The van der Waals surface area contributed by atoms with E-state index in [2.05, 4.69) is 24.3 Å². The molecule has 1 heterocycles. The third-order valence-corrected chi connectivity index (χ3v) is 4.79. The Kier molecular flexibility index (Phi) is 4.13. The van der Waals surface area contributed by atoms with E-state index in [1.54, 1.807) is 11.3 Å². The molecule has 0 bridgehead atoms. The molecule has 0 amide bonds. The normalized spacial score (nSPS) is 11.1. The van der Waals surface area contributed by atoms with Crippen molar-refractivity contribution in [2.45, 2.75) is 19.8 Å². The number of fused-ring (bicyclic) bond motifs is 3.